The van der Waals surface area contributed by atoms with Crippen LogP contribution in [-0.4, -0.2) is 58.8 Å². The van der Waals surface area contributed by atoms with Crippen LogP contribution >= 0.6 is 0 Å². The fraction of sp³-hybridized carbons (Fsp3) is 0.889. The topological polar surface area (TPSA) is 99.0 Å². The second kappa shape index (κ2) is 4.44. The normalized spacial score (nSPS) is 30.1. The highest BCUT2D eigenvalue weighted by Crippen LogP contribution is 2.17. The highest BCUT2D eigenvalue weighted by Gasteiger charge is 2.34. The minimum absolute atomic E-state index is 0.107. The maximum atomic E-state index is 10.6. The van der Waals surface area contributed by atoms with Crippen molar-refractivity contribution < 1.29 is 24.9 Å². The zero-order valence-corrected chi connectivity index (χ0v) is 8.69. The van der Waals surface area contributed by atoms with Gasteiger partial charge >= 0.3 is 5.97 Å². The lowest BCUT2D eigenvalue weighted by Crippen LogP contribution is -2.49. The van der Waals surface area contributed by atoms with E-state index in [4.69, 9.17) is 9.84 Å². The van der Waals surface area contributed by atoms with Gasteiger partial charge in [0, 0.05) is 26.1 Å². The van der Waals surface area contributed by atoms with Gasteiger partial charge in [-0.2, -0.15) is 0 Å². The van der Waals surface area contributed by atoms with Crippen molar-refractivity contribution in [1.82, 2.24) is 5.32 Å². The van der Waals surface area contributed by atoms with E-state index in [0.717, 1.165) is 0 Å². The summed E-state index contributed by atoms with van der Waals surface area (Å²) in [5.74, 6) is -1.29. The molecule has 1 saturated heterocycles. The zero-order valence-electron chi connectivity index (χ0n) is 8.69. The summed E-state index contributed by atoms with van der Waals surface area (Å²) in [6, 6.07) is 0. The van der Waals surface area contributed by atoms with Crippen molar-refractivity contribution in [3.63, 3.8) is 0 Å². The molecule has 15 heavy (non-hydrogen) atoms. The summed E-state index contributed by atoms with van der Waals surface area (Å²) in [7, 11) is 0. The molecule has 0 aliphatic carbocycles. The van der Waals surface area contributed by atoms with Crippen LogP contribution in [0.15, 0.2) is 0 Å². The summed E-state index contributed by atoms with van der Waals surface area (Å²) in [5, 5.41) is 30.5. The highest BCUT2D eigenvalue weighted by atomic mass is 16.5. The van der Waals surface area contributed by atoms with Crippen LogP contribution in [0.5, 0.6) is 0 Å². The molecule has 6 heteroatoms. The monoisotopic (exact) mass is 219 g/mol. The Bertz CT molecular complexity index is 235. The molecular formula is C9H17NO5. The van der Waals surface area contributed by atoms with Gasteiger partial charge in [-0.15, -0.1) is 0 Å². The molecule has 88 valence electrons. The molecule has 0 aromatic rings. The van der Waals surface area contributed by atoms with E-state index in [-0.39, 0.29) is 19.7 Å². The smallest absolute Gasteiger partial charge is 0.336 e. The summed E-state index contributed by atoms with van der Waals surface area (Å²) < 4.78 is 5.02. The van der Waals surface area contributed by atoms with Gasteiger partial charge in [-0.05, 0) is 6.92 Å². The van der Waals surface area contributed by atoms with Gasteiger partial charge in [0.15, 0.2) is 5.60 Å². The maximum absolute atomic E-state index is 10.6. The molecule has 2 atom stereocenters. The number of ether oxygens (including phenoxy) is 1. The lowest BCUT2D eigenvalue weighted by molar-refractivity contribution is -0.156. The number of carbonyl (C=O) groups is 1. The van der Waals surface area contributed by atoms with E-state index in [1.54, 1.807) is 0 Å². The van der Waals surface area contributed by atoms with Gasteiger partial charge in [0.05, 0.1) is 6.61 Å². The van der Waals surface area contributed by atoms with Gasteiger partial charge in [-0.1, -0.05) is 0 Å². The standard InChI is InChI=1S/C9H17NO5/c1-8(13,7(11)12)4-10-5-9(14)2-3-15-6-9/h10,13-14H,2-6H2,1H3,(H,11,12). The molecule has 0 spiro atoms. The summed E-state index contributed by atoms with van der Waals surface area (Å²) in [6.07, 6.45) is 0.523. The minimum atomic E-state index is -1.81. The SMILES string of the molecule is CC(O)(CNCC1(O)CCOC1)C(=O)O. The molecule has 1 fully saturated rings. The van der Waals surface area contributed by atoms with Crippen molar-refractivity contribution in [2.45, 2.75) is 24.5 Å². The fourth-order valence-corrected chi connectivity index (χ4v) is 1.35. The van der Waals surface area contributed by atoms with Crippen LogP contribution in [0.4, 0.5) is 0 Å². The van der Waals surface area contributed by atoms with Crippen molar-refractivity contribution >= 4 is 5.97 Å². The molecule has 2 unspecified atom stereocenters. The van der Waals surface area contributed by atoms with E-state index >= 15 is 0 Å². The Kier molecular flexibility index (Phi) is 3.67. The summed E-state index contributed by atoms with van der Waals surface area (Å²) in [4.78, 5) is 10.6. The first-order chi connectivity index (χ1) is 6.86. The Balaban J connectivity index is 2.29. The average Bonchev–Trinajstić information content (AvgIpc) is 2.51. The van der Waals surface area contributed by atoms with Crippen LogP contribution in [0.2, 0.25) is 0 Å². The third-order valence-corrected chi connectivity index (χ3v) is 2.47. The summed E-state index contributed by atoms with van der Waals surface area (Å²) >= 11 is 0. The molecule has 1 aliphatic rings. The lowest BCUT2D eigenvalue weighted by Gasteiger charge is -2.24. The highest BCUT2D eigenvalue weighted by molar-refractivity contribution is 5.76. The van der Waals surface area contributed by atoms with Gasteiger partial charge in [0.2, 0.25) is 0 Å². The van der Waals surface area contributed by atoms with Crippen molar-refractivity contribution in [3.05, 3.63) is 0 Å². The summed E-state index contributed by atoms with van der Waals surface area (Å²) in [6.45, 7) is 2.07. The van der Waals surface area contributed by atoms with Gasteiger partial charge in [0.25, 0.3) is 0 Å². The number of aliphatic carboxylic acids is 1. The van der Waals surface area contributed by atoms with Crippen LogP contribution in [-0.2, 0) is 9.53 Å². The molecule has 0 amide bonds. The largest absolute Gasteiger partial charge is 0.479 e. The lowest BCUT2D eigenvalue weighted by atomic mass is 10.0. The first kappa shape index (κ1) is 12.4. The molecular weight excluding hydrogens is 202 g/mol. The van der Waals surface area contributed by atoms with Gasteiger partial charge in [-0.25, -0.2) is 4.79 Å². The number of nitrogens with one attached hydrogen (secondary N) is 1. The minimum Gasteiger partial charge on any atom is -0.479 e. The molecule has 0 aromatic heterocycles. The second-order valence-electron chi connectivity index (χ2n) is 4.21. The number of hydrogen-bond acceptors (Lipinski definition) is 5. The molecule has 1 aliphatic heterocycles. The van der Waals surface area contributed by atoms with Crippen molar-refractivity contribution in [2.24, 2.45) is 0 Å². The average molecular weight is 219 g/mol. The van der Waals surface area contributed by atoms with Crippen LogP contribution in [0.3, 0.4) is 0 Å². The van der Waals surface area contributed by atoms with Crippen LogP contribution in [0.1, 0.15) is 13.3 Å². The number of carboxylic acids is 1. The van der Waals surface area contributed by atoms with E-state index < -0.39 is 17.2 Å². The quantitative estimate of drug-likeness (QED) is 0.452. The van der Waals surface area contributed by atoms with E-state index in [1.807, 2.05) is 0 Å². The number of rotatable bonds is 5. The first-order valence-electron chi connectivity index (χ1n) is 4.82. The number of hydrogen-bond donors (Lipinski definition) is 4. The van der Waals surface area contributed by atoms with Gasteiger partial charge in [-0.3, -0.25) is 0 Å². The molecule has 4 N–H and O–H groups in total. The Hall–Kier alpha value is -0.690. The third-order valence-electron chi connectivity index (χ3n) is 2.47. The Labute approximate surface area is 87.9 Å². The molecule has 0 aromatic carbocycles. The molecule has 6 nitrogen and oxygen atoms in total. The Morgan fingerprint density at radius 2 is 2.33 bits per heavy atom. The molecule has 0 radical (unpaired) electrons. The predicted molar refractivity (Wildman–Crippen MR) is 51.5 cm³/mol. The number of carboxylic acid groups (broad SMARTS) is 1. The first-order valence-corrected chi connectivity index (χ1v) is 4.82. The van der Waals surface area contributed by atoms with E-state index in [2.05, 4.69) is 5.32 Å². The van der Waals surface area contributed by atoms with Crippen LogP contribution in [0.25, 0.3) is 0 Å². The molecule has 0 saturated carbocycles. The summed E-state index contributed by atoms with van der Waals surface area (Å²) in [5.41, 5.74) is -2.75. The van der Waals surface area contributed by atoms with Crippen molar-refractivity contribution in [2.75, 3.05) is 26.3 Å². The van der Waals surface area contributed by atoms with Crippen molar-refractivity contribution in [1.29, 1.82) is 0 Å². The zero-order chi connectivity index (χ0) is 11.5. The molecule has 1 heterocycles. The maximum Gasteiger partial charge on any atom is 0.336 e. The van der Waals surface area contributed by atoms with Gasteiger partial charge < -0.3 is 25.4 Å². The number of aliphatic hydroxyl groups is 2. The van der Waals surface area contributed by atoms with Crippen LogP contribution in [0, 0.1) is 0 Å². The van der Waals surface area contributed by atoms with Gasteiger partial charge in [0.1, 0.15) is 5.60 Å². The predicted octanol–water partition coefficient (Wildman–Crippen LogP) is -1.44. The molecule has 0 bridgehead atoms. The van der Waals surface area contributed by atoms with Crippen LogP contribution < -0.4 is 5.32 Å². The Morgan fingerprint density at radius 1 is 1.67 bits per heavy atom. The van der Waals surface area contributed by atoms with E-state index in [0.29, 0.717) is 13.0 Å². The van der Waals surface area contributed by atoms with E-state index in [9.17, 15) is 15.0 Å². The van der Waals surface area contributed by atoms with Crippen molar-refractivity contribution in [3.8, 4) is 0 Å². The van der Waals surface area contributed by atoms with E-state index in [1.165, 1.54) is 6.92 Å². The fourth-order valence-electron chi connectivity index (χ4n) is 1.35. The Morgan fingerprint density at radius 3 is 2.80 bits per heavy atom. The third kappa shape index (κ3) is 3.42. The second-order valence-corrected chi connectivity index (χ2v) is 4.21. The molecule has 1 rings (SSSR count).